The first kappa shape index (κ1) is 27.8. The van der Waals surface area contributed by atoms with Crippen LogP contribution < -0.4 is 5.32 Å². The van der Waals surface area contributed by atoms with Crippen LogP contribution in [-0.2, 0) is 28.3 Å². The van der Waals surface area contributed by atoms with Gasteiger partial charge in [-0.1, -0.05) is 80.0 Å². The van der Waals surface area contributed by atoms with E-state index < -0.39 is 6.04 Å². The topological polar surface area (TPSA) is 49.4 Å². The van der Waals surface area contributed by atoms with E-state index in [0.29, 0.717) is 30.3 Å². The normalized spacial score (nSPS) is 11.8. The molecule has 1 N–H and O–H groups in total. The van der Waals surface area contributed by atoms with Crippen molar-refractivity contribution < 1.29 is 14.0 Å². The van der Waals surface area contributed by atoms with E-state index in [2.05, 4.69) is 5.32 Å². The van der Waals surface area contributed by atoms with E-state index in [-0.39, 0.29) is 29.3 Å². The molecule has 2 amide bonds. The molecular weight excluding hydrogens is 495 g/mol. The minimum atomic E-state index is -0.666. The van der Waals surface area contributed by atoms with Gasteiger partial charge >= 0.3 is 0 Å². The van der Waals surface area contributed by atoms with Crippen molar-refractivity contribution in [3.05, 3.63) is 106 Å². The second-order valence-electron chi connectivity index (χ2n) is 9.11. The highest BCUT2D eigenvalue weighted by molar-refractivity contribution is 7.99. The lowest BCUT2D eigenvalue weighted by Crippen LogP contribution is -2.51. The second-order valence-corrected chi connectivity index (χ2v) is 10.5. The van der Waals surface area contributed by atoms with Gasteiger partial charge in [0.25, 0.3) is 0 Å². The molecule has 0 heterocycles. The van der Waals surface area contributed by atoms with Crippen LogP contribution in [0.4, 0.5) is 4.39 Å². The number of halogens is 2. The highest BCUT2D eigenvalue weighted by Crippen LogP contribution is 2.20. The largest absolute Gasteiger partial charge is 0.354 e. The Balaban J connectivity index is 1.82. The quantitative estimate of drug-likeness (QED) is 0.309. The third-order valence-corrected chi connectivity index (χ3v) is 6.87. The highest BCUT2D eigenvalue weighted by Gasteiger charge is 2.30. The van der Waals surface area contributed by atoms with Gasteiger partial charge in [-0.3, -0.25) is 9.59 Å². The molecule has 190 valence electrons. The van der Waals surface area contributed by atoms with E-state index in [1.54, 1.807) is 29.2 Å². The summed E-state index contributed by atoms with van der Waals surface area (Å²) in [6, 6.07) is 22.7. The van der Waals surface area contributed by atoms with E-state index in [0.717, 1.165) is 16.7 Å². The van der Waals surface area contributed by atoms with Crippen molar-refractivity contribution in [1.29, 1.82) is 0 Å². The van der Waals surface area contributed by atoms with Crippen molar-refractivity contribution in [1.82, 2.24) is 10.2 Å². The maximum Gasteiger partial charge on any atom is 0.243 e. The van der Waals surface area contributed by atoms with Gasteiger partial charge in [0.05, 0.1) is 5.75 Å². The molecule has 0 aliphatic rings. The first-order chi connectivity index (χ1) is 17.3. The van der Waals surface area contributed by atoms with Gasteiger partial charge in [-0.05, 0) is 46.9 Å². The van der Waals surface area contributed by atoms with Crippen LogP contribution in [0.15, 0.2) is 78.9 Å². The Bertz CT molecular complexity index is 1110. The summed E-state index contributed by atoms with van der Waals surface area (Å²) in [5.74, 6) is 0.483. The number of benzene rings is 3. The summed E-state index contributed by atoms with van der Waals surface area (Å²) in [7, 11) is 0. The zero-order valence-electron chi connectivity index (χ0n) is 20.6. The van der Waals surface area contributed by atoms with E-state index in [4.69, 9.17) is 11.6 Å². The lowest BCUT2D eigenvalue weighted by atomic mass is 10.0. The van der Waals surface area contributed by atoms with Crippen LogP contribution in [0.5, 0.6) is 0 Å². The fourth-order valence-corrected chi connectivity index (χ4v) is 4.68. The summed E-state index contributed by atoms with van der Waals surface area (Å²) in [6.45, 7) is 4.90. The van der Waals surface area contributed by atoms with Gasteiger partial charge in [0.1, 0.15) is 11.9 Å². The van der Waals surface area contributed by atoms with E-state index in [9.17, 15) is 14.0 Å². The van der Waals surface area contributed by atoms with Crippen LogP contribution in [-0.4, -0.2) is 35.1 Å². The third-order valence-electron chi connectivity index (χ3n) is 5.63. The van der Waals surface area contributed by atoms with Crippen LogP contribution in [0.1, 0.15) is 30.5 Å². The minimum absolute atomic E-state index is 0.127. The van der Waals surface area contributed by atoms with E-state index in [1.165, 1.54) is 23.9 Å². The van der Waals surface area contributed by atoms with E-state index >= 15 is 0 Å². The number of amides is 2. The Labute approximate surface area is 222 Å². The maximum atomic E-state index is 13.6. The zero-order chi connectivity index (χ0) is 25.9. The van der Waals surface area contributed by atoms with Crippen molar-refractivity contribution >= 4 is 35.2 Å². The molecule has 0 fully saturated rings. The Kier molecular flexibility index (Phi) is 10.8. The Morgan fingerprint density at radius 2 is 1.56 bits per heavy atom. The fraction of sp³-hybridized carbons (Fsp3) is 0.310. The first-order valence-corrected chi connectivity index (χ1v) is 13.5. The third kappa shape index (κ3) is 8.99. The van der Waals surface area contributed by atoms with Gasteiger partial charge < -0.3 is 10.2 Å². The zero-order valence-corrected chi connectivity index (χ0v) is 22.2. The number of carbonyl (C=O) groups excluding carboxylic acids is 2. The summed E-state index contributed by atoms with van der Waals surface area (Å²) < 4.78 is 13.2. The van der Waals surface area contributed by atoms with Crippen LogP contribution in [0.2, 0.25) is 5.02 Å². The van der Waals surface area contributed by atoms with Gasteiger partial charge in [-0.2, -0.15) is 0 Å². The number of nitrogens with one attached hydrogen (secondary N) is 1. The predicted molar refractivity (Wildman–Crippen MR) is 146 cm³/mol. The summed E-state index contributed by atoms with van der Waals surface area (Å²) in [4.78, 5) is 28.6. The van der Waals surface area contributed by atoms with Crippen molar-refractivity contribution in [3.8, 4) is 0 Å². The van der Waals surface area contributed by atoms with Crippen molar-refractivity contribution in [2.45, 2.75) is 38.6 Å². The molecule has 0 aromatic heterocycles. The standard InChI is InChI=1S/C29H32ClFN2O2S/c1-21(2)17-32-29(35)27(16-22-6-4-3-5-7-22)33(18-23-8-12-25(30)13-9-23)28(34)20-36-19-24-10-14-26(31)15-11-24/h3-15,21,27H,16-20H2,1-2H3,(H,32,35)/t27-/m1/s1. The Hall–Kier alpha value is -2.83. The summed E-state index contributed by atoms with van der Waals surface area (Å²) in [5.41, 5.74) is 2.81. The Morgan fingerprint density at radius 3 is 2.19 bits per heavy atom. The number of nitrogens with zero attached hydrogens (tertiary/aromatic N) is 1. The molecular formula is C29H32ClFN2O2S. The van der Waals surface area contributed by atoms with Crippen LogP contribution >= 0.6 is 23.4 Å². The molecule has 1 atom stereocenters. The SMILES string of the molecule is CC(C)CNC(=O)[C@@H](Cc1ccccc1)N(Cc1ccc(Cl)cc1)C(=O)CSCc1ccc(F)cc1. The number of hydrogen-bond donors (Lipinski definition) is 1. The lowest BCUT2D eigenvalue weighted by molar-refractivity contribution is -0.139. The maximum absolute atomic E-state index is 13.6. The smallest absolute Gasteiger partial charge is 0.243 e. The molecule has 0 aliphatic heterocycles. The lowest BCUT2D eigenvalue weighted by Gasteiger charge is -2.32. The van der Waals surface area contributed by atoms with Crippen molar-refractivity contribution in [2.75, 3.05) is 12.3 Å². The molecule has 7 heteroatoms. The molecule has 0 saturated carbocycles. The Morgan fingerprint density at radius 1 is 0.917 bits per heavy atom. The number of rotatable bonds is 12. The monoisotopic (exact) mass is 526 g/mol. The van der Waals surface area contributed by atoms with E-state index in [1.807, 2.05) is 56.3 Å². The van der Waals surface area contributed by atoms with Crippen molar-refractivity contribution in [2.24, 2.45) is 5.92 Å². The van der Waals surface area contributed by atoms with Gasteiger partial charge in [-0.25, -0.2) is 4.39 Å². The molecule has 0 unspecified atom stereocenters. The molecule has 0 spiro atoms. The summed E-state index contributed by atoms with van der Waals surface area (Å²) >= 11 is 7.52. The summed E-state index contributed by atoms with van der Waals surface area (Å²) in [6.07, 6.45) is 0.409. The number of thioether (sulfide) groups is 1. The molecule has 0 bridgehead atoms. The minimum Gasteiger partial charge on any atom is -0.354 e. The van der Waals surface area contributed by atoms with Crippen LogP contribution in [0.3, 0.4) is 0 Å². The average molecular weight is 527 g/mol. The van der Waals surface area contributed by atoms with Crippen LogP contribution in [0.25, 0.3) is 0 Å². The molecule has 0 radical (unpaired) electrons. The second kappa shape index (κ2) is 14.0. The molecule has 3 rings (SSSR count). The fourth-order valence-electron chi connectivity index (χ4n) is 3.68. The first-order valence-electron chi connectivity index (χ1n) is 12.0. The van der Waals surface area contributed by atoms with Gasteiger partial charge in [0.15, 0.2) is 0 Å². The summed E-state index contributed by atoms with van der Waals surface area (Å²) in [5, 5.41) is 3.64. The van der Waals surface area contributed by atoms with Gasteiger partial charge in [-0.15, -0.1) is 11.8 Å². The molecule has 3 aromatic rings. The number of carbonyl (C=O) groups is 2. The molecule has 36 heavy (non-hydrogen) atoms. The highest BCUT2D eigenvalue weighted by atomic mass is 35.5. The van der Waals surface area contributed by atoms with Crippen molar-refractivity contribution in [3.63, 3.8) is 0 Å². The molecule has 0 saturated heterocycles. The average Bonchev–Trinajstić information content (AvgIpc) is 2.87. The molecule has 4 nitrogen and oxygen atoms in total. The van der Waals surface area contributed by atoms with Gasteiger partial charge in [0, 0.05) is 30.3 Å². The predicted octanol–water partition coefficient (Wildman–Crippen LogP) is 6.12. The molecule has 0 aliphatic carbocycles. The number of hydrogen-bond acceptors (Lipinski definition) is 3. The van der Waals surface area contributed by atoms with Gasteiger partial charge in [0.2, 0.25) is 11.8 Å². The van der Waals surface area contributed by atoms with Crippen LogP contribution in [0, 0.1) is 11.7 Å². The molecule has 3 aromatic carbocycles.